The van der Waals surface area contributed by atoms with Crippen molar-refractivity contribution in [1.29, 1.82) is 0 Å². The average Bonchev–Trinajstić information content (AvgIpc) is 3.07. The zero-order valence-corrected chi connectivity index (χ0v) is 29.9. The number of esters is 1. The van der Waals surface area contributed by atoms with Crippen molar-refractivity contribution in [2.75, 3.05) is 61.0 Å². The Balaban J connectivity index is 0.000000482. The molecular formula is C36H52N4O8. The molecule has 2 rings (SSSR count). The molecule has 0 unspecified atom stereocenters. The smallest absolute Gasteiger partial charge is 0.338 e. The van der Waals surface area contributed by atoms with Gasteiger partial charge in [-0.3, -0.25) is 19.2 Å². The Morgan fingerprint density at radius 1 is 0.479 bits per heavy atom. The Kier molecular flexibility index (Phi) is 17.6. The van der Waals surface area contributed by atoms with Gasteiger partial charge in [0.05, 0.1) is 17.7 Å². The van der Waals surface area contributed by atoms with E-state index in [1.807, 2.05) is 27.7 Å². The second-order valence-corrected chi connectivity index (χ2v) is 11.5. The Hall–Kier alpha value is -4.74. The lowest BCUT2D eigenvalue weighted by Crippen LogP contribution is -2.30. The number of carboxylic acids is 1. The molecule has 0 saturated carbocycles. The first-order chi connectivity index (χ1) is 22.7. The molecule has 12 nitrogen and oxygen atoms in total. The van der Waals surface area contributed by atoms with Crippen molar-refractivity contribution in [2.24, 2.45) is 0 Å². The number of hydrogen-bond donors (Lipinski definition) is 1. The van der Waals surface area contributed by atoms with Gasteiger partial charge in [0.1, 0.15) is 0 Å². The minimum atomic E-state index is -1.16. The Morgan fingerprint density at radius 2 is 0.729 bits per heavy atom. The first-order valence-electron chi connectivity index (χ1n) is 16.4. The quantitative estimate of drug-likeness (QED) is 0.256. The third-order valence-electron chi connectivity index (χ3n) is 7.23. The zero-order valence-electron chi connectivity index (χ0n) is 29.9. The summed E-state index contributed by atoms with van der Waals surface area (Å²) in [5, 5.41) is 9.23. The first kappa shape index (κ1) is 41.3. The minimum Gasteiger partial charge on any atom is -0.478 e. The predicted molar refractivity (Wildman–Crippen MR) is 185 cm³/mol. The van der Waals surface area contributed by atoms with E-state index < -0.39 is 11.9 Å². The molecule has 2 aromatic rings. The molecule has 4 amide bonds. The van der Waals surface area contributed by atoms with E-state index in [2.05, 4.69) is 0 Å². The number of amides is 4. The van der Waals surface area contributed by atoms with Crippen LogP contribution in [0.15, 0.2) is 36.4 Å². The van der Waals surface area contributed by atoms with Gasteiger partial charge in [0, 0.05) is 76.6 Å². The van der Waals surface area contributed by atoms with E-state index in [4.69, 9.17) is 4.74 Å². The molecule has 48 heavy (non-hydrogen) atoms. The molecule has 0 fully saturated rings. The van der Waals surface area contributed by atoms with Crippen molar-refractivity contribution in [2.45, 2.75) is 60.3 Å². The fourth-order valence-corrected chi connectivity index (χ4v) is 4.83. The van der Waals surface area contributed by atoms with Crippen LogP contribution < -0.4 is 0 Å². The zero-order chi connectivity index (χ0) is 36.6. The predicted octanol–water partition coefficient (Wildman–Crippen LogP) is 5.18. The summed E-state index contributed by atoms with van der Waals surface area (Å²) in [6, 6.07) is 8.62. The van der Waals surface area contributed by atoms with E-state index in [1.165, 1.54) is 40.1 Å². The van der Waals surface area contributed by atoms with Gasteiger partial charge in [0.2, 0.25) is 0 Å². The maximum absolute atomic E-state index is 12.6. The highest BCUT2D eigenvalue weighted by atomic mass is 16.5. The lowest BCUT2D eigenvalue weighted by Gasteiger charge is -2.19. The molecule has 1 N–H and O–H groups in total. The third kappa shape index (κ3) is 12.1. The van der Waals surface area contributed by atoms with Gasteiger partial charge in [-0.2, -0.15) is 0 Å². The average molecular weight is 669 g/mol. The first-order valence-corrected chi connectivity index (χ1v) is 16.4. The molecule has 0 aromatic heterocycles. The Bertz CT molecular complexity index is 1360. The number of carboxylic acid groups (broad SMARTS) is 1. The van der Waals surface area contributed by atoms with Crippen LogP contribution in [0.1, 0.15) is 122 Å². The van der Waals surface area contributed by atoms with Gasteiger partial charge in [-0.25, -0.2) is 9.59 Å². The summed E-state index contributed by atoms with van der Waals surface area (Å²) < 4.78 is 5.02. The van der Waals surface area contributed by atoms with Crippen molar-refractivity contribution in [1.82, 2.24) is 19.6 Å². The van der Waals surface area contributed by atoms with Gasteiger partial charge in [-0.05, 0) is 69.0 Å². The van der Waals surface area contributed by atoms with E-state index in [0.29, 0.717) is 37.3 Å². The van der Waals surface area contributed by atoms with E-state index in [9.17, 15) is 33.9 Å². The lowest BCUT2D eigenvalue weighted by atomic mass is 10.0. The van der Waals surface area contributed by atoms with Crippen LogP contribution in [0.3, 0.4) is 0 Å². The molecule has 0 atom stereocenters. The van der Waals surface area contributed by atoms with Crippen LogP contribution in [-0.2, 0) is 4.74 Å². The fourth-order valence-electron chi connectivity index (χ4n) is 4.83. The van der Waals surface area contributed by atoms with E-state index >= 15 is 0 Å². The molecular weight excluding hydrogens is 616 g/mol. The highest BCUT2D eigenvalue weighted by molar-refractivity contribution is 6.04. The topological polar surface area (TPSA) is 145 Å². The van der Waals surface area contributed by atoms with Crippen LogP contribution in [0.25, 0.3) is 0 Å². The van der Waals surface area contributed by atoms with Crippen molar-refractivity contribution in [3.8, 4) is 0 Å². The number of aromatic carboxylic acids is 1. The standard InChI is InChI=1S/C19H28N2O4.C17H24N2O4/c1-6-9-20(4)17(22)14-11-15(18(23)21(5)10-7-2)13-16(12-14)19(24)25-8-3;1-5-7-18(3)15(20)12-9-13(11-14(10-12)17(22)23)16(21)19(4)8-6-2/h11-13H,6-10H2,1-5H3;9-11H,5-8H2,1-4H3,(H,22,23). The number of carbonyl (C=O) groups is 6. The van der Waals surface area contributed by atoms with Gasteiger partial charge in [-0.1, -0.05) is 27.7 Å². The fraction of sp³-hybridized carbons (Fsp3) is 0.500. The summed E-state index contributed by atoms with van der Waals surface area (Å²) in [5.74, 6) is -2.72. The molecule has 0 spiro atoms. The largest absolute Gasteiger partial charge is 0.478 e. The normalized spacial score (nSPS) is 10.3. The van der Waals surface area contributed by atoms with Crippen LogP contribution in [0, 0.1) is 0 Å². The molecule has 12 heteroatoms. The number of nitrogens with zero attached hydrogens (tertiary/aromatic N) is 4. The monoisotopic (exact) mass is 668 g/mol. The van der Waals surface area contributed by atoms with Crippen LogP contribution >= 0.6 is 0 Å². The second kappa shape index (κ2) is 20.5. The Morgan fingerprint density at radius 3 is 0.958 bits per heavy atom. The number of carbonyl (C=O) groups excluding carboxylic acids is 5. The molecule has 0 bridgehead atoms. The van der Waals surface area contributed by atoms with Gasteiger partial charge >= 0.3 is 11.9 Å². The lowest BCUT2D eigenvalue weighted by molar-refractivity contribution is 0.0525. The molecule has 0 saturated heterocycles. The van der Waals surface area contributed by atoms with Gasteiger partial charge < -0.3 is 29.4 Å². The minimum absolute atomic E-state index is 0.0611. The number of benzene rings is 2. The summed E-state index contributed by atoms with van der Waals surface area (Å²) in [4.78, 5) is 79.5. The van der Waals surface area contributed by atoms with E-state index in [-0.39, 0.29) is 52.5 Å². The third-order valence-corrected chi connectivity index (χ3v) is 7.23. The summed E-state index contributed by atoms with van der Waals surface area (Å²) in [6.45, 7) is 12.1. The maximum atomic E-state index is 12.6. The van der Waals surface area contributed by atoms with E-state index in [1.54, 1.807) is 51.0 Å². The SMILES string of the molecule is CCCN(C)C(=O)c1cc(C(=O)O)cc(C(=O)N(C)CCC)c1.CCCN(C)C(=O)c1cc(C(=O)OCC)cc(C(=O)N(C)CCC)c1. The molecule has 2 aromatic carbocycles. The molecule has 264 valence electrons. The van der Waals surface area contributed by atoms with Gasteiger partial charge in [0.15, 0.2) is 0 Å². The maximum Gasteiger partial charge on any atom is 0.338 e. The molecule has 0 aliphatic carbocycles. The summed E-state index contributed by atoms with van der Waals surface area (Å²) in [6.07, 6.45) is 3.24. The van der Waals surface area contributed by atoms with Crippen molar-refractivity contribution < 1.29 is 38.6 Å². The van der Waals surface area contributed by atoms with Crippen LogP contribution in [0.2, 0.25) is 0 Å². The van der Waals surface area contributed by atoms with Crippen molar-refractivity contribution in [3.63, 3.8) is 0 Å². The summed E-state index contributed by atoms with van der Waals surface area (Å²) in [5.41, 5.74) is 1.22. The number of hydrogen-bond acceptors (Lipinski definition) is 7. The summed E-state index contributed by atoms with van der Waals surface area (Å²) in [7, 11) is 6.72. The van der Waals surface area contributed by atoms with Crippen LogP contribution in [0.5, 0.6) is 0 Å². The molecule has 0 radical (unpaired) electrons. The summed E-state index contributed by atoms with van der Waals surface area (Å²) >= 11 is 0. The molecule has 0 aliphatic heterocycles. The van der Waals surface area contributed by atoms with Crippen molar-refractivity contribution in [3.05, 3.63) is 69.8 Å². The van der Waals surface area contributed by atoms with Crippen LogP contribution in [-0.4, -0.2) is 121 Å². The highest BCUT2D eigenvalue weighted by Gasteiger charge is 2.21. The highest BCUT2D eigenvalue weighted by Crippen LogP contribution is 2.17. The van der Waals surface area contributed by atoms with E-state index in [0.717, 1.165) is 25.7 Å². The van der Waals surface area contributed by atoms with Gasteiger partial charge in [0.25, 0.3) is 23.6 Å². The van der Waals surface area contributed by atoms with Gasteiger partial charge in [-0.15, -0.1) is 0 Å². The number of ether oxygens (including phenoxy) is 1. The number of rotatable bonds is 15. The van der Waals surface area contributed by atoms with Crippen molar-refractivity contribution >= 4 is 35.6 Å². The molecule has 0 heterocycles. The molecule has 0 aliphatic rings. The Labute approximate surface area is 284 Å². The van der Waals surface area contributed by atoms with Crippen LogP contribution in [0.4, 0.5) is 0 Å². The second-order valence-electron chi connectivity index (χ2n) is 11.5.